The van der Waals surface area contributed by atoms with Gasteiger partial charge in [0.1, 0.15) is 11.6 Å². The molecule has 0 spiro atoms. The minimum absolute atomic E-state index is 0.0374. The highest BCUT2D eigenvalue weighted by molar-refractivity contribution is 7.89. The van der Waals surface area contributed by atoms with Crippen LogP contribution >= 0.6 is 0 Å². The highest BCUT2D eigenvalue weighted by Gasteiger charge is 2.38. The number of ketones is 4. The van der Waals surface area contributed by atoms with Crippen molar-refractivity contribution >= 4 is 86.9 Å². The van der Waals surface area contributed by atoms with E-state index < -0.39 is 204 Å². The Morgan fingerprint density at radius 2 is 0.662 bits per heavy atom. The molecule has 33 heteroatoms. The highest BCUT2D eigenvalue weighted by atomic mass is 32.2. The van der Waals surface area contributed by atoms with E-state index in [1.165, 1.54) is 6.92 Å². The quantitative estimate of drug-likeness (QED) is 0.0168. The third kappa shape index (κ3) is 39.5. The van der Waals surface area contributed by atoms with Crippen molar-refractivity contribution in [1.29, 1.82) is 0 Å². The van der Waals surface area contributed by atoms with Gasteiger partial charge in [0.2, 0.25) is 63.7 Å². The molecular weight excluding hydrogens is 1730 g/mol. The first-order chi connectivity index (χ1) is 62.2. The van der Waals surface area contributed by atoms with E-state index in [0.29, 0.717) is 104 Å². The maximum Gasteiger partial charge on any atom is 0.235 e. The summed E-state index contributed by atoms with van der Waals surface area (Å²) < 4.78 is 121. The number of hydrogen-bond acceptors (Lipinski definition) is 21. The number of amides is 4. The van der Waals surface area contributed by atoms with Gasteiger partial charge >= 0.3 is 0 Å². The predicted molar refractivity (Wildman–Crippen MR) is 510 cm³/mol. The van der Waals surface area contributed by atoms with Crippen LogP contribution in [0.1, 0.15) is 143 Å². The Kier molecular flexibility index (Phi) is 46.7. The average molecular weight is 1870 g/mol. The summed E-state index contributed by atoms with van der Waals surface area (Å²) in [6, 6.07) is 56.7. The molecule has 0 aliphatic rings. The van der Waals surface area contributed by atoms with Crippen LogP contribution < -0.4 is 49.9 Å². The first-order valence-corrected chi connectivity index (χ1v) is 51.6. The topological polar surface area (TPSA) is 464 Å². The minimum atomic E-state index is -4.50. The smallest absolute Gasteiger partial charge is 0.235 e. The second kappa shape index (κ2) is 56.4. The SMILES string of the molecule is CC(=O)CN(CC(CC(=O)C(CCCCN)NC(=O)CN(CC(Cc1ccccc1)NC(=O)C(CC(=O)CN(CC(CC(=O)C(Cc1ccccc1)NC(=O)CN(CC(CCCCN)NC(=O)C(CCCCN)CC(C)C)S(=O)(=O)Cc1ccccc1)Cc1ccccc1)S(=O)(=O)CCN)Cc1ccccc1)S(=O)(=O)CCN)Cc1ccccc1)S(=O)(=O)Cc1ccccc1. The van der Waals surface area contributed by atoms with Gasteiger partial charge in [0.25, 0.3) is 0 Å². The summed E-state index contributed by atoms with van der Waals surface area (Å²) in [4.78, 5) is 118. The molecule has 7 rings (SSSR count). The number of nitrogens with two attached hydrogens (primary N) is 5. The van der Waals surface area contributed by atoms with E-state index >= 15 is 19.2 Å². The van der Waals surface area contributed by atoms with Crippen molar-refractivity contribution in [2.75, 3.05) is 96.6 Å². The number of benzene rings is 7. The molecule has 0 bridgehead atoms. The van der Waals surface area contributed by atoms with Crippen LogP contribution in [0.2, 0.25) is 0 Å². The van der Waals surface area contributed by atoms with Crippen LogP contribution in [-0.2, 0) is 122 Å². The van der Waals surface area contributed by atoms with Gasteiger partial charge in [-0.3, -0.25) is 38.4 Å². The molecule has 130 heavy (non-hydrogen) atoms. The van der Waals surface area contributed by atoms with Crippen LogP contribution in [0, 0.1) is 29.6 Å². The van der Waals surface area contributed by atoms with Crippen molar-refractivity contribution < 1.29 is 72.0 Å². The van der Waals surface area contributed by atoms with Gasteiger partial charge in [0.05, 0.1) is 61.3 Å². The molecule has 29 nitrogen and oxygen atoms in total. The number of rotatable bonds is 66. The van der Waals surface area contributed by atoms with Gasteiger partial charge in [-0.2, -0.15) is 17.2 Å². The van der Waals surface area contributed by atoms with Crippen molar-refractivity contribution in [2.45, 2.75) is 172 Å². The molecular formula is C97H137N13O16S4. The van der Waals surface area contributed by atoms with Crippen molar-refractivity contribution in [2.24, 2.45) is 58.3 Å². The molecule has 14 N–H and O–H groups in total. The van der Waals surface area contributed by atoms with Crippen LogP contribution in [0.15, 0.2) is 212 Å². The van der Waals surface area contributed by atoms with E-state index in [-0.39, 0.29) is 89.5 Å². The molecule has 0 radical (unpaired) electrons. The number of carbonyl (C=O) groups is 8. The predicted octanol–water partition coefficient (Wildman–Crippen LogP) is 7.35. The van der Waals surface area contributed by atoms with Crippen molar-refractivity contribution in [1.82, 2.24) is 38.5 Å². The fraction of sp³-hybridized carbons (Fsp3) is 0.485. The molecule has 0 aliphatic heterocycles. The first-order valence-electron chi connectivity index (χ1n) is 45.2. The van der Waals surface area contributed by atoms with Crippen LogP contribution in [0.3, 0.4) is 0 Å². The molecule has 710 valence electrons. The number of sulfonamides is 4. The van der Waals surface area contributed by atoms with Gasteiger partial charge in [-0.05, 0) is 167 Å². The minimum Gasteiger partial charge on any atom is -0.352 e. The van der Waals surface area contributed by atoms with E-state index in [4.69, 9.17) is 28.7 Å². The Morgan fingerprint density at radius 3 is 1.08 bits per heavy atom. The van der Waals surface area contributed by atoms with E-state index in [9.17, 15) is 52.8 Å². The second-order valence-corrected chi connectivity index (χ2v) is 42.5. The number of nitrogens with one attached hydrogen (secondary N) is 4. The maximum absolute atomic E-state index is 15.6. The zero-order chi connectivity index (χ0) is 94.5. The Bertz CT molecular complexity index is 5090. The lowest BCUT2D eigenvalue weighted by atomic mass is 9.90. The summed E-state index contributed by atoms with van der Waals surface area (Å²) in [6.07, 6.45) is 3.60. The molecule has 8 atom stereocenters. The van der Waals surface area contributed by atoms with Gasteiger partial charge in [0, 0.05) is 82.5 Å². The number of hydrogen-bond donors (Lipinski definition) is 9. The lowest BCUT2D eigenvalue weighted by Gasteiger charge is -2.30. The van der Waals surface area contributed by atoms with E-state index in [1.54, 1.807) is 194 Å². The van der Waals surface area contributed by atoms with Gasteiger partial charge in [-0.1, -0.05) is 239 Å². The normalized spacial score (nSPS) is 14.0. The number of Topliss-reactive ketones (excluding diaryl/α,β-unsaturated/α-hetero) is 4. The van der Waals surface area contributed by atoms with Gasteiger partial charge < -0.3 is 49.9 Å². The fourth-order valence-corrected chi connectivity index (χ4v) is 21.9. The molecule has 4 amide bonds. The Labute approximate surface area is 770 Å². The van der Waals surface area contributed by atoms with Crippen molar-refractivity contribution in [3.05, 3.63) is 251 Å². The van der Waals surface area contributed by atoms with Crippen LogP contribution in [-0.4, -0.2) is 218 Å². The molecule has 0 aromatic heterocycles. The number of unbranched alkanes of at least 4 members (excludes halogenated alkanes) is 3. The standard InChI is InChI=1S/C97H137N13O16S4/c1-74(2)55-85(45-25-28-48-98)96(117)103-87(46-26-29-49-99)67-110(130(125,126)73-82-43-23-10-24-44-82)71-95(116)106-91(60-80-39-19-8-20-40-80)93(114)62-84(57-77-33-13-5-14-34-77)66-108(127(119,120)53-51-101)69-89(112)63-86(58-78-35-15-6-16-36-78)97(118)104-88(59-79-37-17-7-18-38-79)68-109(128(121,122)54-52-102)70-94(115)105-90(47-27-30-50-100)92(113)61-83(56-76-31-11-4-12-32-76)65-107(64-75(3)111)129(123,124)72-81-41-21-9-22-42-81/h4-24,31-44,74,83-88,90-91H,25-30,45-73,98-102H2,1-3H3,(H,103,117)(H,104,118)(H,105,115)(H,106,116). The maximum atomic E-state index is 15.6. The first kappa shape index (κ1) is 108. The molecule has 0 fully saturated rings. The van der Waals surface area contributed by atoms with E-state index in [1.807, 2.05) is 32.0 Å². The summed E-state index contributed by atoms with van der Waals surface area (Å²) in [5.74, 6) is -10.3. The molecule has 7 aromatic rings. The summed E-state index contributed by atoms with van der Waals surface area (Å²) in [6.45, 7) is 1.10. The summed E-state index contributed by atoms with van der Waals surface area (Å²) in [5, 5.41) is 11.9. The molecule has 7 aromatic carbocycles. The summed E-state index contributed by atoms with van der Waals surface area (Å²) in [5.41, 5.74) is 34.0. The fourth-order valence-electron chi connectivity index (χ4n) is 16.2. The molecule has 0 aliphatic carbocycles. The van der Waals surface area contributed by atoms with Crippen LogP contribution in [0.5, 0.6) is 0 Å². The Hall–Kier alpha value is -9.46. The van der Waals surface area contributed by atoms with Gasteiger partial charge in [0.15, 0.2) is 11.6 Å². The zero-order valence-corrected chi connectivity index (χ0v) is 78.8. The Balaban J connectivity index is 1.18. The number of nitrogens with zero attached hydrogens (tertiary/aromatic N) is 4. The second-order valence-electron chi connectivity index (χ2n) is 34.4. The van der Waals surface area contributed by atoms with Crippen LogP contribution in [0.25, 0.3) is 0 Å². The summed E-state index contributed by atoms with van der Waals surface area (Å²) >= 11 is 0. The lowest BCUT2D eigenvalue weighted by Crippen LogP contribution is -2.53. The monoisotopic (exact) mass is 1870 g/mol. The average Bonchev–Trinajstić information content (AvgIpc) is 0.831. The van der Waals surface area contributed by atoms with Crippen LogP contribution in [0.4, 0.5) is 0 Å². The third-order valence-corrected chi connectivity index (χ3v) is 29.8. The van der Waals surface area contributed by atoms with E-state index in [0.717, 1.165) is 22.8 Å². The zero-order valence-electron chi connectivity index (χ0n) is 75.5. The summed E-state index contributed by atoms with van der Waals surface area (Å²) in [7, 11) is -17.5. The Morgan fingerprint density at radius 1 is 0.323 bits per heavy atom. The van der Waals surface area contributed by atoms with E-state index in [2.05, 4.69) is 21.3 Å². The largest absolute Gasteiger partial charge is 0.352 e. The highest BCUT2D eigenvalue weighted by Crippen LogP contribution is 2.27. The third-order valence-electron chi connectivity index (χ3n) is 22.6. The molecule has 8 unspecified atom stereocenters. The lowest BCUT2D eigenvalue weighted by molar-refractivity contribution is -0.130. The molecule has 0 heterocycles. The molecule has 0 saturated heterocycles. The number of carbonyl (C=O) groups excluding carboxylic acids is 8. The van der Waals surface area contributed by atoms with Gasteiger partial charge in [-0.25, -0.2) is 33.7 Å². The van der Waals surface area contributed by atoms with Crippen molar-refractivity contribution in [3.63, 3.8) is 0 Å². The molecule has 0 saturated carbocycles. The van der Waals surface area contributed by atoms with Crippen molar-refractivity contribution in [3.8, 4) is 0 Å². The van der Waals surface area contributed by atoms with Gasteiger partial charge in [-0.15, -0.1) is 0 Å².